The Morgan fingerprint density at radius 2 is 1.31 bits per heavy atom. The zero-order valence-corrected chi connectivity index (χ0v) is 26.5. The van der Waals surface area contributed by atoms with Crippen LogP contribution in [-0.4, -0.2) is 39.3 Å². The number of esters is 1. The molecule has 0 bridgehead atoms. The zero-order valence-electron chi connectivity index (χ0n) is 24.7. The molecular formula is C36H33N2O5PS. The van der Waals surface area contributed by atoms with E-state index in [1.807, 2.05) is 121 Å². The molecule has 1 N–H and O–H groups in total. The SMILES string of the molecule is CC(=O)N/C=C/SC(=O)CC1CC(=O)N1C(C(=O)OCc1ccccc1)=P(c1ccccc1)(c1ccccc1)c1ccccc1. The lowest BCUT2D eigenvalue weighted by molar-refractivity contribution is -0.145. The van der Waals surface area contributed by atoms with Crippen LogP contribution in [0.25, 0.3) is 0 Å². The van der Waals surface area contributed by atoms with Crippen molar-refractivity contribution < 1.29 is 23.9 Å². The number of rotatable bonds is 11. The highest BCUT2D eigenvalue weighted by Crippen LogP contribution is 2.49. The van der Waals surface area contributed by atoms with E-state index in [1.54, 1.807) is 0 Å². The van der Waals surface area contributed by atoms with Gasteiger partial charge in [-0.05, 0) is 26.9 Å². The summed E-state index contributed by atoms with van der Waals surface area (Å²) in [5.41, 5.74) is 1.06. The quantitative estimate of drug-likeness (QED) is 0.146. The maximum atomic E-state index is 14.6. The Balaban J connectivity index is 1.71. The van der Waals surface area contributed by atoms with Crippen LogP contribution in [0.1, 0.15) is 25.3 Å². The molecule has 1 atom stereocenters. The molecule has 45 heavy (non-hydrogen) atoms. The first-order chi connectivity index (χ1) is 21.9. The van der Waals surface area contributed by atoms with Gasteiger partial charge in [-0.3, -0.25) is 14.4 Å². The average molecular weight is 637 g/mol. The van der Waals surface area contributed by atoms with E-state index in [-0.39, 0.29) is 41.8 Å². The van der Waals surface area contributed by atoms with Crippen molar-refractivity contribution in [2.75, 3.05) is 0 Å². The van der Waals surface area contributed by atoms with Crippen LogP contribution in [0.5, 0.6) is 0 Å². The lowest BCUT2D eigenvalue weighted by Gasteiger charge is -2.45. The standard InChI is InChI=1S/C36H33N2O5PS/c1-27(39)37-22-23-45-34(41)25-29-24-33(40)38(29)35(36(42)43-26-28-14-6-2-7-15-28)44(30-16-8-3-9-17-30,31-18-10-4-11-19-31)32-20-12-5-13-21-32/h2-23,29H,24-26H2,1H3,(H,37,39)/b23-22+. The Hall–Kier alpha value is -4.65. The number of carbonyl (C=O) groups excluding carboxylic acids is 4. The summed E-state index contributed by atoms with van der Waals surface area (Å²) in [6.07, 6.45) is 1.55. The maximum Gasteiger partial charge on any atom is 0.356 e. The highest BCUT2D eigenvalue weighted by Gasteiger charge is 2.47. The number of amides is 2. The fourth-order valence-electron chi connectivity index (χ4n) is 5.39. The van der Waals surface area contributed by atoms with Crippen molar-refractivity contribution in [2.45, 2.75) is 32.4 Å². The van der Waals surface area contributed by atoms with Crippen molar-refractivity contribution in [2.24, 2.45) is 0 Å². The number of nitrogens with zero attached hydrogens (tertiary/aromatic N) is 1. The van der Waals surface area contributed by atoms with Gasteiger partial charge in [0.1, 0.15) is 12.0 Å². The summed E-state index contributed by atoms with van der Waals surface area (Å²) in [4.78, 5) is 54.0. The Morgan fingerprint density at radius 1 is 0.822 bits per heavy atom. The molecule has 0 spiro atoms. The minimum absolute atomic E-state index is 0.0225. The highest BCUT2D eigenvalue weighted by molar-refractivity contribution is 8.16. The van der Waals surface area contributed by atoms with Gasteiger partial charge in [0.05, 0.1) is 6.04 Å². The second kappa shape index (κ2) is 14.9. The number of hydrogen-bond acceptors (Lipinski definition) is 6. The minimum atomic E-state index is -3.05. The van der Waals surface area contributed by atoms with Gasteiger partial charge >= 0.3 is 5.97 Å². The molecule has 4 aromatic rings. The number of carbonyl (C=O) groups is 4. The van der Waals surface area contributed by atoms with E-state index in [0.29, 0.717) is 0 Å². The van der Waals surface area contributed by atoms with E-state index >= 15 is 0 Å². The van der Waals surface area contributed by atoms with Gasteiger partial charge < -0.3 is 15.0 Å². The number of β-lactam (4-membered cyclic amide) rings is 1. The summed E-state index contributed by atoms with van der Waals surface area (Å²) in [6, 6.07) is 38.2. The van der Waals surface area contributed by atoms with Gasteiger partial charge in [-0.15, -0.1) is 0 Å². The second-order valence-corrected chi connectivity index (χ2v) is 14.7. The summed E-state index contributed by atoms with van der Waals surface area (Å²) in [5, 5.41) is 6.47. The lowest BCUT2D eigenvalue weighted by atomic mass is 9.99. The molecule has 4 aromatic carbocycles. The highest BCUT2D eigenvalue weighted by atomic mass is 32.2. The second-order valence-electron chi connectivity index (χ2n) is 10.4. The van der Waals surface area contributed by atoms with E-state index < -0.39 is 18.9 Å². The van der Waals surface area contributed by atoms with Crippen molar-refractivity contribution in [1.29, 1.82) is 0 Å². The third-order valence-electron chi connectivity index (χ3n) is 7.37. The summed E-state index contributed by atoms with van der Waals surface area (Å²) in [5.74, 6) is -1.09. The first-order valence-electron chi connectivity index (χ1n) is 14.5. The smallest absolute Gasteiger partial charge is 0.356 e. The minimum Gasteiger partial charge on any atom is -0.456 e. The van der Waals surface area contributed by atoms with E-state index in [1.165, 1.54) is 23.4 Å². The third kappa shape index (κ3) is 7.19. The Labute approximate surface area is 267 Å². The van der Waals surface area contributed by atoms with Crippen LogP contribution in [-0.2, 0) is 30.5 Å². The van der Waals surface area contributed by atoms with E-state index in [2.05, 4.69) is 5.32 Å². The van der Waals surface area contributed by atoms with Crippen LogP contribution in [0.4, 0.5) is 0 Å². The van der Waals surface area contributed by atoms with Crippen molar-refractivity contribution >= 4 is 62.9 Å². The molecule has 0 saturated carbocycles. The molecule has 1 unspecified atom stereocenters. The van der Waals surface area contributed by atoms with Crippen molar-refractivity contribution in [3.8, 4) is 0 Å². The Bertz CT molecular complexity index is 1640. The van der Waals surface area contributed by atoms with Gasteiger partial charge in [0, 0.05) is 32.9 Å². The summed E-state index contributed by atoms with van der Waals surface area (Å²) in [6.45, 7) is -1.65. The molecule has 1 fully saturated rings. The van der Waals surface area contributed by atoms with E-state index in [0.717, 1.165) is 33.2 Å². The van der Waals surface area contributed by atoms with E-state index in [4.69, 9.17) is 4.74 Å². The largest absolute Gasteiger partial charge is 0.456 e. The van der Waals surface area contributed by atoms with Crippen molar-refractivity contribution in [1.82, 2.24) is 10.2 Å². The molecule has 0 radical (unpaired) electrons. The van der Waals surface area contributed by atoms with Crippen LogP contribution in [0.3, 0.4) is 0 Å². The Morgan fingerprint density at radius 3 is 1.78 bits per heavy atom. The number of benzene rings is 4. The summed E-state index contributed by atoms with van der Waals surface area (Å²) < 4.78 is 6.04. The van der Waals surface area contributed by atoms with Crippen LogP contribution in [0, 0.1) is 0 Å². The molecule has 1 saturated heterocycles. The summed E-state index contributed by atoms with van der Waals surface area (Å²) >= 11 is 0.935. The van der Waals surface area contributed by atoms with Crippen LogP contribution >= 0.6 is 18.6 Å². The lowest BCUT2D eigenvalue weighted by Crippen LogP contribution is -2.60. The Kier molecular flexibility index (Phi) is 10.5. The number of ether oxygens (including phenoxy) is 1. The molecule has 0 aliphatic carbocycles. The molecule has 228 valence electrons. The molecule has 9 heteroatoms. The van der Waals surface area contributed by atoms with Crippen LogP contribution < -0.4 is 21.2 Å². The van der Waals surface area contributed by atoms with Crippen LogP contribution in [0.2, 0.25) is 0 Å². The van der Waals surface area contributed by atoms with Crippen molar-refractivity contribution in [3.63, 3.8) is 0 Å². The fourth-order valence-corrected chi connectivity index (χ4v) is 10.4. The van der Waals surface area contributed by atoms with Gasteiger partial charge in [0.15, 0.2) is 5.12 Å². The predicted molar refractivity (Wildman–Crippen MR) is 182 cm³/mol. The molecule has 5 rings (SSSR count). The molecule has 2 amide bonds. The maximum absolute atomic E-state index is 14.6. The number of hydrogen-bond donors (Lipinski definition) is 1. The predicted octanol–water partition coefficient (Wildman–Crippen LogP) is 4.71. The van der Waals surface area contributed by atoms with Gasteiger partial charge in [-0.1, -0.05) is 133 Å². The number of thioether (sulfide) groups is 1. The molecule has 0 aromatic heterocycles. The van der Waals surface area contributed by atoms with Crippen LogP contribution in [0.15, 0.2) is 133 Å². The molecule has 1 heterocycles. The first kappa shape index (κ1) is 31.8. The normalized spacial score (nSPS) is 14.5. The third-order valence-corrected chi connectivity index (χ3v) is 12.3. The monoisotopic (exact) mass is 636 g/mol. The number of likely N-dealkylation sites (tertiary alicyclic amines) is 1. The van der Waals surface area contributed by atoms with Gasteiger partial charge in [0.25, 0.3) is 0 Å². The molecule has 1 aliphatic heterocycles. The molecular weight excluding hydrogens is 603 g/mol. The van der Waals surface area contributed by atoms with Gasteiger partial charge in [-0.2, -0.15) is 0 Å². The van der Waals surface area contributed by atoms with Crippen molar-refractivity contribution in [3.05, 3.63) is 138 Å². The molecule has 7 nitrogen and oxygen atoms in total. The number of nitrogens with one attached hydrogen (secondary N) is 1. The summed E-state index contributed by atoms with van der Waals surface area (Å²) in [7, 11) is 0. The molecule has 1 aliphatic rings. The average Bonchev–Trinajstić information content (AvgIpc) is 3.07. The van der Waals surface area contributed by atoms with Gasteiger partial charge in [-0.25, -0.2) is 4.79 Å². The zero-order chi connectivity index (χ0) is 31.6. The van der Waals surface area contributed by atoms with E-state index in [9.17, 15) is 19.2 Å². The first-order valence-corrected chi connectivity index (χ1v) is 17.2. The van der Waals surface area contributed by atoms with Gasteiger partial charge in [0.2, 0.25) is 11.8 Å². The fraction of sp³-hybridized carbons (Fsp3) is 0.139. The topological polar surface area (TPSA) is 92.8 Å².